The van der Waals surface area contributed by atoms with Crippen LogP contribution >= 0.6 is 0 Å². The number of benzene rings is 1. The first-order valence-corrected chi connectivity index (χ1v) is 9.16. The summed E-state index contributed by atoms with van der Waals surface area (Å²) >= 11 is 0. The number of hydrogen-bond acceptors (Lipinski definition) is 3. The van der Waals surface area contributed by atoms with E-state index in [-0.39, 0.29) is 18.1 Å². The van der Waals surface area contributed by atoms with Gasteiger partial charge >= 0.3 is 6.03 Å². The third-order valence-electron chi connectivity index (χ3n) is 6.17. The van der Waals surface area contributed by atoms with Crippen molar-refractivity contribution in [2.45, 2.75) is 68.8 Å². The fraction of sp³-hybridized carbons (Fsp3) is 0.632. The number of fused-ring (bicyclic) bond motifs is 3. The van der Waals surface area contributed by atoms with Crippen molar-refractivity contribution in [3.8, 4) is 0 Å². The maximum atomic E-state index is 12.5. The number of carbonyl (C=O) groups excluding carboxylic acids is 1. The zero-order valence-electron chi connectivity index (χ0n) is 14.2. The fourth-order valence-electron chi connectivity index (χ4n) is 4.85. The quantitative estimate of drug-likeness (QED) is 0.777. The molecule has 2 bridgehead atoms. The molecular weight excluding hydrogens is 302 g/mol. The van der Waals surface area contributed by atoms with Crippen LogP contribution < -0.4 is 10.6 Å². The number of piperidine rings is 2. The molecule has 1 aliphatic carbocycles. The Balaban J connectivity index is 1.37. The highest BCUT2D eigenvalue weighted by Gasteiger charge is 2.37. The van der Waals surface area contributed by atoms with Crippen LogP contribution in [0.5, 0.6) is 0 Å². The molecule has 3 aliphatic rings. The van der Waals surface area contributed by atoms with Crippen molar-refractivity contribution in [2.24, 2.45) is 0 Å². The van der Waals surface area contributed by atoms with Crippen LogP contribution in [0, 0.1) is 0 Å². The van der Waals surface area contributed by atoms with Gasteiger partial charge in [-0.15, -0.1) is 0 Å². The number of nitrogens with zero attached hydrogens (tertiary/aromatic N) is 1. The second-order valence-corrected chi connectivity index (χ2v) is 7.64. The summed E-state index contributed by atoms with van der Waals surface area (Å²) in [5.41, 5.74) is 2.17. The maximum absolute atomic E-state index is 12.5. The van der Waals surface area contributed by atoms with Crippen molar-refractivity contribution in [3.63, 3.8) is 0 Å². The van der Waals surface area contributed by atoms with Gasteiger partial charge in [0.2, 0.25) is 0 Å². The highest BCUT2D eigenvalue weighted by Crippen LogP contribution is 2.33. The molecule has 4 unspecified atom stereocenters. The van der Waals surface area contributed by atoms with E-state index < -0.39 is 6.10 Å². The molecule has 0 spiro atoms. The predicted octanol–water partition coefficient (Wildman–Crippen LogP) is 1.96. The summed E-state index contributed by atoms with van der Waals surface area (Å²) in [6.07, 6.45) is 5.92. The number of urea groups is 1. The van der Waals surface area contributed by atoms with Crippen LogP contribution in [-0.2, 0) is 6.42 Å². The minimum Gasteiger partial charge on any atom is -0.390 e. The Morgan fingerprint density at radius 1 is 1.17 bits per heavy atom. The van der Waals surface area contributed by atoms with E-state index in [4.69, 9.17) is 0 Å². The lowest BCUT2D eigenvalue weighted by molar-refractivity contribution is 0.0504. The number of rotatable bonds is 2. The summed E-state index contributed by atoms with van der Waals surface area (Å²) in [7, 11) is 2.22. The van der Waals surface area contributed by atoms with E-state index in [2.05, 4.69) is 22.6 Å². The number of aliphatic hydroxyl groups excluding tert-OH is 1. The maximum Gasteiger partial charge on any atom is 0.315 e. The molecule has 5 nitrogen and oxygen atoms in total. The molecular formula is C19H27N3O2. The number of hydrogen-bond donors (Lipinski definition) is 3. The average Bonchev–Trinajstić information content (AvgIpc) is 2.84. The first-order valence-electron chi connectivity index (χ1n) is 9.16. The molecule has 4 atom stereocenters. The van der Waals surface area contributed by atoms with Crippen LogP contribution in [-0.4, -0.2) is 47.3 Å². The lowest BCUT2D eigenvalue weighted by Crippen LogP contribution is -2.56. The van der Waals surface area contributed by atoms with Crippen LogP contribution in [0.2, 0.25) is 0 Å². The van der Waals surface area contributed by atoms with Gasteiger partial charge < -0.3 is 20.6 Å². The van der Waals surface area contributed by atoms with Gasteiger partial charge in [0.15, 0.2) is 0 Å². The highest BCUT2D eigenvalue weighted by molar-refractivity contribution is 5.75. The van der Waals surface area contributed by atoms with Crippen molar-refractivity contribution < 1.29 is 9.90 Å². The Kier molecular flexibility index (Phi) is 4.22. The summed E-state index contributed by atoms with van der Waals surface area (Å²) in [5.74, 6) is 0. The predicted molar refractivity (Wildman–Crippen MR) is 92.8 cm³/mol. The number of nitrogens with one attached hydrogen (secondary N) is 2. The SMILES string of the molecule is CN1C2CCCC1CC(NC(=O)NC1c3ccccc3CC1O)C2. The van der Waals surface area contributed by atoms with Gasteiger partial charge in [-0.05, 0) is 43.9 Å². The van der Waals surface area contributed by atoms with Gasteiger partial charge in [-0.1, -0.05) is 30.7 Å². The smallest absolute Gasteiger partial charge is 0.315 e. The van der Waals surface area contributed by atoms with E-state index in [0.29, 0.717) is 18.5 Å². The van der Waals surface area contributed by atoms with Crippen molar-refractivity contribution >= 4 is 6.03 Å². The Labute approximate surface area is 143 Å². The normalized spacial score (nSPS) is 35.3. The molecule has 4 rings (SSSR count). The third-order valence-corrected chi connectivity index (χ3v) is 6.17. The molecule has 1 aromatic rings. The van der Waals surface area contributed by atoms with Crippen LogP contribution in [0.3, 0.4) is 0 Å². The molecule has 0 aromatic heterocycles. The molecule has 130 valence electrons. The molecule has 2 heterocycles. The molecule has 0 radical (unpaired) electrons. The van der Waals surface area contributed by atoms with E-state index in [1.807, 2.05) is 24.3 Å². The minimum absolute atomic E-state index is 0.150. The van der Waals surface area contributed by atoms with Crippen LogP contribution in [0.1, 0.15) is 49.3 Å². The largest absolute Gasteiger partial charge is 0.390 e. The monoisotopic (exact) mass is 329 g/mol. The molecule has 5 heteroatoms. The molecule has 2 amide bonds. The van der Waals surface area contributed by atoms with Gasteiger partial charge in [0, 0.05) is 24.5 Å². The van der Waals surface area contributed by atoms with E-state index in [1.54, 1.807) is 0 Å². The van der Waals surface area contributed by atoms with E-state index >= 15 is 0 Å². The topological polar surface area (TPSA) is 64.6 Å². The molecule has 0 saturated carbocycles. The number of carbonyl (C=O) groups is 1. The van der Waals surface area contributed by atoms with Gasteiger partial charge in [-0.2, -0.15) is 0 Å². The molecule has 24 heavy (non-hydrogen) atoms. The van der Waals surface area contributed by atoms with Gasteiger partial charge in [-0.25, -0.2) is 4.79 Å². The lowest BCUT2D eigenvalue weighted by atomic mass is 9.82. The Hall–Kier alpha value is -1.59. The second kappa shape index (κ2) is 6.37. The Morgan fingerprint density at radius 2 is 1.88 bits per heavy atom. The van der Waals surface area contributed by atoms with Gasteiger partial charge in [0.1, 0.15) is 0 Å². The number of aliphatic hydroxyl groups is 1. The van der Waals surface area contributed by atoms with Gasteiger partial charge in [0.05, 0.1) is 12.1 Å². The standard InChI is InChI=1S/C19H27N3O2/c1-22-14-6-4-7-15(22)11-13(10-14)20-19(24)21-18-16-8-3-2-5-12(16)9-17(18)23/h2-3,5,8,13-15,17-18,23H,4,6-7,9-11H2,1H3,(H2,20,21,24). The van der Waals surface area contributed by atoms with Crippen molar-refractivity contribution in [3.05, 3.63) is 35.4 Å². The van der Waals surface area contributed by atoms with Crippen molar-refractivity contribution in [1.82, 2.24) is 15.5 Å². The van der Waals surface area contributed by atoms with Gasteiger partial charge in [-0.3, -0.25) is 0 Å². The van der Waals surface area contributed by atoms with E-state index in [9.17, 15) is 9.90 Å². The molecule has 3 N–H and O–H groups in total. The summed E-state index contributed by atoms with van der Waals surface area (Å²) in [5, 5.41) is 16.4. The van der Waals surface area contributed by atoms with Crippen LogP contribution in [0.4, 0.5) is 4.79 Å². The zero-order valence-corrected chi connectivity index (χ0v) is 14.2. The Morgan fingerprint density at radius 3 is 2.62 bits per heavy atom. The average molecular weight is 329 g/mol. The lowest BCUT2D eigenvalue weighted by Gasteiger charge is -2.47. The van der Waals surface area contributed by atoms with Crippen molar-refractivity contribution in [2.75, 3.05) is 7.05 Å². The molecule has 2 saturated heterocycles. The van der Waals surface area contributed by atoms with Crippen LogP contribution in [0.15, 0.2) is 24.3 Å². The first-order chi connectivity index (χ1) is 11.6. The Bertz CT molecular complexity index is 606. The zero-order chi connectivity index (χ0) is 16.7. The fourth-order valence-corrected chi connectivity index (χ4v) is 4.85. The summed E-state index contributed by atoms with van der Waals surface area (Å²) in [4.78, 5) is 15.0. The summed E-state index contributed by atoms with van der Waals surface area (Å²) < 4.78 is 0. The minimum atomic E-state index is -0.537. The first kappa shape index (κ1) is 15.9. The number of amides is 2. The molecule has 2 fully saturated rings. The van der Waals surface area contributed by atoms with E-state index in [1.165, 1.54) is 19.3 Å². The summed E-state index contributed by atoms with van der Waals surface area (Å²) in [6, 6.07) is 8.95. The van der Waals surface area contributed by atoms with Gasteiger partial charge in [0.25, 0.3) is 0 Å². The second-order valence-electron chi connectivity index (χ2n) is 7.64. The molecule has 1 aromatic carbocycles. The summed E-state index contributed by atoms with van der Waals surface area (Å²) in [6.45, 7) is 0. The van der Waals surface area contributed by atoms with Crippen molar-refractivity contribution in [1.29, 1.82) is 0 Å². The third kappa shape index (κ3) is 2.91. The molecule has 2 aliphatic heterocycles. The highest BCUT2D eigenvalue weighted by atomic mass is 16.3. The van der Waals surface area contributed by atoms with Crippen LogP contribution in [0.25, 0.3) is 0 Å². The van der Waals surface area contributed by atoms with E-state index in [0.717, 1.165) is 24.0 Å².